The molecule has 6 heteroatoms. The van der Waals surface area contributed by atoms with E-state index >= 15 is 0 Å². The number of hydrogen-bond donors (Lipinski definition) is 1. The van der Waals surface area contributed by atoms with E-state index in [0.29, 0.717) is 11.5 Å². The minimum absolute atomic E-state index is 0.0465. The molecule has 0 aliphatic rings. The van der Waals surface area contributed by atoms with Crippen LogP contribution >= 0.6 is 8.25 Å². The maximum Gasteiger partial charge on any atom is 0.695 e. The van der Waals surface area contributed by atoms with Crippen molar-refractivity contribution in [2.45, 2.75) is 26.4 Å². The topological polar surface area (TPSA) is 65.0 Å². The van der Waals surface area contributed by atoms with Gasteiger partial charge in [-0.25, -0.2) is 0 Å². The van der Waals surface area contributed by atoms with E-state index in [1.54, 1.807) is 26.4 Å². The Balaban J connectivity index is 3.05. The molecule has 0 aliphatic carbocycles. The van der Waals surface area contributed by atoms with Crippen molar-refractivity contribution in [1.29, 1.82) is 0 Å². The molecule has 1 rings (SSSR count). The van der Waals surface area contributed by atoms with Gasteiger partial charge in [-0.2, -0.15) is 0 Å². The molecule has 0 heterocycles. The first kappa shape index (κ1) is 14.9. The van der Waals surface area contributed by atoms with Crippen LogP contribution in [-0.2, 0) is 22.1 Å². The van der Waals surface area contributed by atoms with Crippen LogP contribution in [-0.4, -0.2) is 19.1 Å². The van der Waals surface area contributed by atoms with E-state index in [-0.39, 0.29) is 6.61 Å². The summed E-state index contributed by atoms with van der Waals surface area (Å²) in [7, 11) is 0.579. The number of ether oxygens (including phenoxy) is 2. The number of methoxy groups -OCH3 is 2. The fourth-order valence-electron chi connectivity index (χ4n) is 1.75. The highest BCUT2D eigenvalue weighted by Crippen LogP contribution is 2.32. The molecule has 1 aromatic rings. The summed E-state index contributed by atoms with van der Waals surface area (Å²) in [6.07, 6.45) is 1.83. The van der Waals surface area contributed by atoms with Gasteiger partial charge < -0.3 is 9.47 Å². The van der Waals surface area contributed by atoms with E-state index < -0.39 is 8.25 Å². The Morgan fingerprint density at radius 3 is 2.17 bits per heavy atom. The van der Waals surface area contributed by atoms with E-state index in [0.717, 1.165) is 24.0 Å². The highest BCUT2D eigenvalue weighted by atomic mass is 31.1. The summed E-state index contributed by atoms with van der Waals surface area (Å²) < 4.78 is 25.8. The molecule has 0 bridgehead atoms. The first-order valence-electron chi connectivity index (χ1n) is 5.65. The summed E-state index contributed by atoms with van der Waals surface area (Å²) in [6.45, 7) is 2.12. The van der Waals surface area contributed by atoms with Crippen molar-refractivity contribution in [2.75, 3.05) is 14.2 Å². The zero-order chi connectivity index (χ0) is 13.5. The van der Waals surface area contributed by atoms with Gasteiger partial charge in [0.25, 0.3) is 0 Å². The minimum atomic E-state index is -2.60. The van der Waals surface area contributed by atoms with Crippen LogP contribution < -0.4 is 9.47 Å². The molecule has 100 valence electrons. The number of rotatable bonds is 7. The number of benzene rings is 1. The molecule has 0 aromatic heterocycles. The van der Waals surface area contributed by atoms with Crippen LogP contribution in [0.1, 0.15) is 24.5 Å². The Morgan fingerprint density at radius 1 is 1.22 bits per heavy atom. The second kappa shape index (κ2) is 7.31. The zero-order valence-electron chi connectivity index (χ0n) is 10.8. The number of hydrogen-bond acceptors (Lipinski definition) is 4. The van der Waals surface area contributed by atoms with E-state index in [1.807, 2.05) is 0 Å². The van der Waals surface area contributed by atoms with Gasteiger partial charge in [0.1, 0.15) is 18.1 Å². The summed E-state index contributed by atoms with van der Waals surface area (Å²) in [4.78, 5) is 8.63. The lowest BCUT2D eigenvalue weighted by Gasteiger charge is -2.14. The van der Waals surface area contributed by atoms with Crippen molar-refractivity contribution in [3.05, 3.63) is 23.3 Å². The normalized spacial score (nSPS) is 11.2. The van der Waals surface area contributed by atoms with Gasteiger partial charge in [-0.3, -0.25) is 0 Å². The van der Waals surface area contributed by atoms with E-state index in [9.17, 15) is 4.57 Å². The molecule has 1 unspecified atom stereocenters. The molecule has 1 N–H and O–H groups in total. The Kier molecular flexibility index (Phi) is 6.05. The second-order valence-corrected chi connectivity index (χ2v) is 4.47. The zero-order valence-corrected chi connectivity index (χ0v) is 11.7. The van der Waals surface area contributed by atoms with Gasteiger partial charge in [0.15, 0.2) is 0 Å². The highest BCUT2D eigenvalue weighted by molar-refractivity contribution is 7.32. The molecule has 0 aliphatic heterocycles. The average Bonchev–Trinajstić information content (AvgIpc) is 2.37. The highest BCUT2D eigenvalue weighted by Gasteiger charge is 2.16. The smallest absolute Gasteiger partial charge is 0.496 e. The molecular weight excluding hydrogens is 255 g/mol. The molecule has 5 nitrogen and oxygen atoms in total. The molecule has 18 heavy (non-hydrogen) atoms. The minimum Gasteiger partial charge on any atom is -0.496 e. The van der Waals surface area contributed by atoms with Crippen LogP contribution in [0.4, 0.5) is 0 Å². The fourth-order valence-corrected chi connectivity index (χ4v) is 2.01. The summed E-state index contributed by atoms with van der Waals surface area (Å²) in [5.41, 5.74) is 1.74. The Morgan fingerprint density at radius 2 is 1.78 bits per heavy atom. The van der Waals surface area contributed by atoms with Crippen LogP contribution in [0.3, 0.4) is 0 Å². The first-order chi connectivity index (χ1) is 8.62. The molecule has 0 saturated heterocycles. The van der Waals surface area contributed by atoms with E-state index in [1.165, 1.54) is 0 Å². The monoisotopic (exact) mass is 273 g/mol. The van der Waals surface area contributed by atoms with Gasteiger partial charge in [0.2, 0.25) is 0 Å². The summed E-state index contributed by atoms with van der Waals surface area (Å²) in [6, 6.07) is 3.60. The van der Waals surface area contributed by atoms with Crippen molar-refractivity contribution in [3.63, 3.8) is 0 Å². The quantitative estimate of drug-likeness (QED) is 0.774. The van der Waals surface area contributed by atoms with Crippen molar-refractivity contribution in [2.24, 2.45) is 0 Å². The van der Waals surface area contributed by atoms with Gasteiger partial charge >= 0.3 is 8.25 Å². The third kappa shape index (κ3) is 3.95. The molecule has 1 atom stereocenters. The van der Waals surface area contributed by atoms with Crippen LogP contribution in [0.15, 0.2) is 12.1 Å². The van der Waals surface area contributed by atoms with Crippen molar-refractivity contribution >= 4 is 8.25 Å². The predicted molar refractivity (Wildman–Crippen MR) is 68.2 cm³/mol. The van der Waals surface area contributed by atoms with Crippen LogP contribution in [0.2, 0.25) is 0 Å². The lowest BCUT2D eigenvalue weighted by atomic mass is 10.0. The lowest BCUT2D eigenvalue weighted by molar-refractivity contribution is 0.271. The van der Waals surface area contributed by atoms with Crippen LogP contribution in [0, 0.1) is 0 Å². The van der Waals surface area contributed by atoms with Crippen molar-refractivity contribution in [3.8, 4) is 11.5 Å². The summed E-state index contributed by atoms with van der Waals surface area (Å²) >= 11 is 0. The SMILES string of the molecule is CCCc1c(OC)cc(CO[P+](=O)O)cc1OC. The molecule has 1 aromatic carbocycles. The van der Waals surface area contributed by atoms with E-state index in [2.05, 4.69) is 11.4 Å². The van der Waals surface area contributed by atoms with Crippen LogP contribution in [0.25, 0.3) is 0 Å². The maximum atomic E-state index is 10.5. The first-order valence-corrected chi connectivity index (χ1v) is 6.78. The average molecular weight is 273 g/mol. The lowest BCUT2D eigenvalue weighted by Crippen LogP contribution is -1.99. The second-order valence-electron chi connectivity index (χ2n) is 3.74. The van der Waals surface area contributed by atoms with Gasteiger partial charge in [-0.1, -0.05) is 13.3 Å². The van der Waals surface area contributed by atoms with E-state index in [4.69, 9.17) is 14.4 Å². The van der Waals surface area contributed by atoms with Crippen molar-refractivity contribution in [1.82, 2.24) is 0 Å². The molecule has 0 spiro atoms. The van der Waals surface area contributed by atoms with Crippen LogP contribution in [0.5, 0.6) is 11.5 Å². The van der Waals surface area contributed by atoms with Gasteiger partial charge in [-0.05, 0) is 24.1 Å². The summed E-state index contributed by atoms with van der Waals surface area (Å²) in [5, 5.41) is 0. The maximum absolute atomic E-state index is 10.5. The molecule has 0 saturated carbocycles. The molecule has 0 radical (unpaired) electrons. The Hall–Kier alpha value is -1.16. The molecule has 0 fully saturated rings. The van der Waals surface area contributed by atoms with Gasteiger partial charge in [0, 0.05) is 10.1 Å². The predicted octanol–water partition coefficient (Wildman–Crippen LogP) is 2.82. The standard InChI is InChI=1S/C12H17O5P/c1-4-5-10-11(15-2)6-9(7-12(10)16-3)8-17-18(13)14/h6-7H,4-5,8H2,1-3H3/p+1. The fraction of sp³-hybridized carbons (Fsp3) is 0.500. The Labute approximate surface area is 108 Å². The third-order valence-electron chi connectivity index (χ3n) is 2.51. The third-order valence-corrected chi connectivity index (χ3v) is 2.86. The Bertz CT molecular complexity index is 394. The molecular formula is C12H18O5P+. The summed E-state index contributed by atoms with van der Waals surface area (Å²) in [5.74, 6) is 1.42. The largest absolute Gasteiger partial charge is 0.695 e. The van der Waals surface area contributed by atoms with Crippen molar-refractivity contribution < 1.29 is 23.5 Å². The van der Waals surface area contributed by atoms with Gasteiger partial charge in [-0.15, -0.1) is 9.42 Å². The van der Waals surface area contributed by atoms with Gasteiger partial charge in [0.05, 0.1) is 14.2 Å². The molecule has 0 amide bonds.